The summed E-state index contributed by atoms with van der Waals surface area (Å²) < 4.78 is 0. The van der Waals surface area contributed by atoms with Gasteiger partial charge in [0.15, 0.2) is 0 Å². The normalized spacial score (nSPS) is 9.88. The molecule has 88 valence electrons. The third-order valence-corrected chi connectivity index (χ3v) is 2.22. The van der Waals surface area contributed by atoms with Crippen LogP contribution in [0.1, 0.15) is 17.4 Å². The van der Waals surface area contributed by atoms with Crippen molar-refractivity contribution in [3.05, 3.63) is 18.0 Å². The minimum Gasteiger partial charge on any atom is -0.397 e. The van der Waals surface area contributed by atoms with E-state index in [9.17, 15) is 9.59 Å². The molecule has 0 atom stereocenters. The Bertz CT molecular complexity index is 386. The lowest BCUT2D eigenvalue weighted by Crippen LogP contribution is -2.39. The molecular weight excluding hydrogens is 208 g/mol. The van der Waals surface area contributed by atoms with Crippen molar-refractivity contribution < 1.29 is 9.59 Å². The summed E-state index contributed by atoms with van der Waals surface area (Å²) in [5, 5.41) is 2.47. The molecule has 0 aromatic carbocycles. The smallest absolute Gasteiger partial charge is 0.270 e. The quantitative estimate of drug-likeness (QED) is 0.661. The van der Waals surface area contributed by atoms with E-state index < -0.39 is 0 Å². The van der Waals surface area contributed by atoms with Gasteiger partial charge in [-0.15, -0.1) is 0 Å². The second-order valence-corrected chi connectivity index (χ2v) is 3.34. The SMILES string of the molecule is CCN(CC(=O)NC)C(=O)c1cc(N)c[nH]1. The molecule has 4 N–H and O–H groups in total. The monoisotopic (exact) mass is 224 g/mol. The Kier molecular flexibility index (Phi) is 3.93. The van der Waals surface area contributed by atoms with Gasteiger partial charge in [0.1, 0.15) is 5.69 Å². The van der Waals surface area contributed by atoms with Crippen LogP contribution in [-0.4, -0.2) is 41.8 Å². The van der Waals surface area contributed by atoms with Crippen LogP contribution >= 0.6 is 0 Å². The highest BCUT2D eigenvalue weighted by atomic mass is 16.2. The average Bonchev–Trinajstić information content (AvgIpc) is 2.71. The van der Waals surface area contributed by atoms with Crippen LogP contribution in [-0.2, 0) is 4.79 Å². The van der Waals surface area contributed by atoms with E-state index in [1.165, 1.54) is 11.9 Å². The Morgan fingerprint density at radius 3 is 2.69 bits per heavy atom. The number of aromatic amines is 1. The zero-order valence-electron chi connectivity index (χ0n) is 9.41. The lowest BCUT2D eigenvalue weighted by molar-refractivity contribution is -0.121. The van der Waals surface area contributed by atoms with E-state index in [2.05, 4.69) is 10.3 Å². The molecule has 0 bridgehead atoms. The van der Waals surface area contributed by atoms with Gasteiger partial charge in [0.25, 0.3) is 5.91 Å². The van der Waals surface area contributed by atoms with Crippen LogP contribution in [0.4, 0.5) is 5.69 Å². The van der Waals surface area contributed by atoms with E-state index in [1.54, 1.807) is 12.3 Å². The van der Waals surface area contributed by atoms with Gasteiger partial charge in [0.2, 0.25) is 5.91 Å². The number of likely N-dealkylation sites (N-methyl/N-ethyl adjacent to an activating group) is 2. The van der Waals surface area contributed by atoms with E-state index >= 15 is 0 Å². The molecule has 6 heteroatoms. The number of rotatable bonds is 4. The molecule has 0 aliphatic carbocycles. The maximum atomic E-state index is 11.9. The molecule has 1 aromatic rings. The van der Waals surface area contributed by atoms with Crippen molar-refractivity contribution in [1.82, 2.24) is 15.2 Å². The summed E-state index contributed by atoms with van der Waals surface area (Å²) in [6.45, 7) is 2.32. The molecule has 16 heavy (non-hydrogen) atoms. The summed E-state index contributed by atoms with van der Waals surface area (Å²) >= 11 is 0. The number of carbonyl (C=O) groups excluding carboxylic acids is 2. The highest BCUT2D eigenvalue weighted by molar-refractivity contribution is 5.95. The minimum absolute atomic E-state index is 0.0464. The van der Waals surface area contributed by atoms with Crippen molar-refractivity contribution >= 4 is 17.5 Å². The molecule has 0 aliphatic rings. The van der Waals surface area contributed by atoms with Gasteiger partial charge in [-0.05, 0) is 13.0 Å². The van der Waals surface area contributed by atoms with Crippen molar-refractivity contribution in [3.63, 3.8) is 0 Å². The molecule has 0 unspecified atom stereocenters. The van der Waals surface area contributed by atoms with Crippen LogP contribution in [0.5, 0.6) is 0 Å². The van der Waals surface area contributed by atoms with Crippen molar-refractivity contribution in [2.24, 2.45) is 0 Å². The fourth-order valence-electron chi connectivity index (χ4n) is 1.28. The van der Waals surface area contributed by atoms with Gasteiger partial charge in [-0.3, -0.25) is 9.59 Å². The number of nitrogens with one attached hydrogen (secondary N) is 2. The Labute approximate surface area is 93.8 Å². The van der Waals surface area contributed by atoms with Crippen molar-refractivity contribution in [2.45, 2.75) is 6.92 Å². The fourth-order valence-corrected chi connectivity index (χ4v) is 1.28. The number of H-pyrrole nitrogens is 1. The van der Waals surface area contributed by atoms with Gasteiger partial charge in [-0.1, -0.05) is 0 Å². The van der Waals surface area contributed by atoms with Crippen LogP contribution in [0.15, 0.2) is 12.3 Å². The van der Waals surface area contributed by atoms with Gasteiger partial charge in [0.05, 0.1) is 6.54 Å². The summed E-state index contributed by atoms with van der Waals surface area (Å²) in [4.78, 5) is 27.3. The number of hydrogen-bond donors (Lipinski definition) is 3. The first-order valence-corrected chi connectivity index (χ1v) is 5.02. The highest BCUT2D eigenvalue weighted by Gasteiger charge is 2.17. The van der Waals surface area contributed by atoms with Crippen LogP contribution in [0.2, 0.25) is 0 Å². The zero-order chi connectivity index (χ0) is 12.1. The molecule has 1 rings (SSSR count). The minimum atomic E-state index is -0.234. The Morgan fingerprint density at radius 2 is 2.25 bits per heavy atom. The average molecular weight is 224 g/mol. The lowest BCUT2D eigenvalue weighted by Gasteiger charge is -2.18. The number of nitrogen functional groups attached to an aromatic ring is 1. The molecular formula is C10H16N4O2. The molecule has 0 spiro atoms. The largest absolute Gasteiger partial charge is 0.397 e. The molecule has 1 aromatic heterocycles. The number of nitrogens with zero attached hydrogens (tertiary/aromatic N) is 1. The number of amides is 2. The maximum Gasteiger partial charge on any atom is 0.270 e. The summed E-state index contributed by atoms with van der Waals surface area (Å²) in [5.74, 6) is -0.433. The molecule has 1 heterocycles. The first-order valence-electron chi connectivity index (χ1n) is 5.02. The number of hydrogen-bond acceptors (Lipinski definition) is 3. The Morgan fingerprint density at radius 1 is 1.56 bits per heavy atom. The van der Waals surface area contributed by atoms with E-state index in [0.29, 0.717) is 17.9 Å². The molecule has 2 amide bonds. The lowest BCUT2D eigenvalue weighted by atomic mass is 10.3. The van der Waals surface area contributed by atoms with Crippen molar-refractivity contribution in [1.29, 1.82) is 0 Å². The molecule has 0 aliphatic heterocycles. The third kappa shape index (κ3) is 2.75. The van der Waals surface area contributed by atoms with Crippen molar-refractivity contribution in [2.75, 3.05) is 25.9 Å². The number of carbonyl (C=O) groups is 2. The topological polar surface area (TPSA) is 91.2 Å². The molecule has 0 fully saturated rings. The first kappa shape index (κ1) is 12.1. The molecule has 0 saturated heterocycles. The van der Waals surface area contributed by atoms with Gasteiger partial charge in [-0.2, -0.15) is 0 Å². The molecule has 6 nitrogen and oxygen atoms in total. The van der Waals surface area contributed by atoms with E-state index in [0.717, 1.165) is 0 Å². The number of nitrogens with two attached hydrogens (primary N) is 1. The predicted molar refractivity (Wildman–Crippen MR) is 60.8 cm³/mol. The second-order valence-electron chi connectivity index (χ2n) is 3.34. The summed E-state index contributed by atoms with van der Waals surface area (Å²) in [5.41, 5.74) is 6.40. The van der Waals surface area contributed by atoms with Crippen LogP contribution in [0.25, 0.3) is 0 Å². The van der Waals surface area contributed by atoms with Crippen LogP contribution in [0.3, 0.4) is 0 Å². The number of aromatic nitrogens is 1. The van der Waals surface area contributed by atoms with Gasteiger partial charge >= 0.3 is 0 Å². The molecule has 0 saturated carbocycles. The number of anilines is 1. The Hall–Kier alpha value is -1.98. The summed E-state index contributed by atoms with van der Waals surface area (Å²) in [6.07, 6.45) is 1.54. The van der Waals surface area contributed by atoms with Crippen molar-refractivity contribution in [3.8, 4) is 0 Å². The predicted octanol–water partition coefficient (Wildman–Crippen LogP) is -0.195. The standard InChI is InChI=1S/C10H16N4O2/c1-3-14(6-9(15)12-2)10(16)8-4-7(11)5-13-8/h4-5,13H,3,6,11H2,1-2H3,(H,12,15). The fraction of sp³-hybridized carbons (Fsp3) is 0.400. The zero-order valence-corrected chi connectivity index (χ0v) is 9.41. The first-order chi connectivity index (χ1) is 7.58. The summed E-state index contributed by atoms with van der Waals surface area (Å²) in [7, 11) is 1.53. The summed E-state index contributed by atoms with van der Waals surface area (Å²) in [6, 6.07) is 1.55. The van der Waals surface area contributed by atoms with E-state index in [1.807, 2.05) is 6.92 Å². The maximum absolute atomic E-state index is 11.9. The van der Waals surface area contributed by atoms with Gasteiger partial charge < -0.3 is 20.9 Å². The van der Waals surface area contributed by atoms with Crippen LogP contribution < -0.4 is 11.1 Å². The van der Waals surface area contributed by atoms with Gasteiger partial charge in [-0.25, -0.2) is 0 Å². The van der Waals surface area contributed by atoms with Gasteiger partial charge in [0, 0.05) is 25.5 Å². The second kappa shape index (κ2) is 5.20. The van der Waals surface area contributed by atoms with Crippen LogP contribution in [0, 0.1) is 0 Å². The molecule has 0 radical (unpaired) electrons. The third-order valence-electron chi connectivity index (χ3n) is 2.22. The van der Waals surface area contributed by atoms with E-state index in [4.69, 9.17) is 5.73 Å². The Balaban J connectivity index is 2.73. The highest BCUT2D eigenvalue weighted by Crippen LogP contribution is 2.07. The van der Waals surface area contributed by atoms with E-state index in [-0.39, 0.29) is 18.4 Å².